The van der Waals surface area contributed by atoms with Gasteiger partial charge < -0.3 is 10.4 Å². The Morgan fingerprint density at radius 3 is 2.88 bits per heavy atom. The van der Waals surface area contributed by atoms with Crippen molar-refractivity contribution in [2.24, 2.45) is 0 Å². The van der Waals surface area contributed by atoms with Gasteiger partial charge in [-0.3, -0.25) is 4.79 Å². The molecule has 0 fully saturated rings. The van der Waals surface area contributed by atoms with Crippen LogP contribution in [0.3, 0.4) is 0 Å². The van der Waals surface area contributed by atoms with Crippen LogP contribution in [0.2, 0.25) is 5.02 Å². The highest BCUT2D eigenvalue weighted by Gasteiger charge is 2.15. The minimum Gasteiger partial charge on any atom is -0.389 e. The molecule has 0 radical (unpaired) electrons. The highest BCUT2D eigenvalue weighted by atomic mass is 35.5. The van der Waals surface area contributed by atoms with E-state index in [0.29, 0.717) is 0 Å². The molecule has 0 amide bonds. The van der Waals surface area contributed by atoms with E-state index in [-0.39, 0.29) is 23.8 Å². The molecule has 0 saturated carbocycles. The quantitative estimate of drug-likeness (QED) is 0.778. The first-order chi connectivity index (χ1) is 7.85. The Balaban J connectivity index is 3.03. The lowest BCUT2D eigenvalue weighted by atomic mass is 10.1. The zero-order valence-electron chi connectivity index (χ0n) is 9.70. The summed E-state index contributed by atoms with van der Waals surface area (Å²) in [4.78, 5) is 11.9. The Bertz CT molecular complexity index is 497. The Labute approximate surface area is 104 Å². The van der Waals surface area contributed by atoms with E-state index in [1.165, 1.54) is 6.20 Å². The minimum atomic E-state index is -0.948. The van der Waals surface area contributed by atoms with Crippen LogP contribution in [-0.2, 0) is 6.54 Å². The van der Waals surface area contributed by atoms with Gasteiger partial charge in [-0.15, -0.1) is 6.42 Å². The van der Waals surface area contributed by atoms with Crippen molar-refractivity contribution >= 4 is 17.3 Å². The molecule has 0 bridgehead atoms. The lowest BCUT2D eigenvalue weighted by Crippen LogP contribution is -2.33. The van der Waals surface area contributed by atoms with Crippen molar-refractivity contribution in [1.29, 1.82) is 0 Å². The number of hydrogen-bond donors (Lipinski definition) is 2. The molecule has 1 rings (SSSR count). The summed E-state index contributed by atoms with van der Waals surface area (Å²) in [7, 11) is 0. The van der Waals surface area contributed by atoms with Crippen molar-refractivity contribution in [3.05, 3.63) is 21.6 Å². The summed E-state index contributed by atoms with van der Waals surface area (Å²) in [5, 5.41) is 16.4. The first kappa shape index (κ1) is 13.6. The molecule has 5 nitrogen and oxygen atoms in total. The molecule has 0 saturated heterocycles. The lowest BCUT2D eigenvalue weighted by molar-refractivity contribution is 0.0945. The lowest BCUT2D eigenvalue weighted by Gasteiger charge is -2.18. The summed E-state index contributed by atoms with van der Waals surface area (Å²) in [6.07, 6.45) is 6.46. The van der Waals surface area contributed by atoms with Crippen LogP contribution in [0.5, 0.6) is 0 Å². The van der Waals surface area contributed by atoms with E-state index in [1.54, 1.807) is 13.8 Å². The fourth-order valence-corrected chi connectivity index (χ4v) is 1.32. The number of aromatic nitrogens is 2. The number of hydrogen-bond acceptors (Lipinski definition) is 4. The van der Waals surface area contributed by atoms with Crippen LogP contribution < -0.4 is 10.9 Å². The van der Waals surface area contributed by atoms with Crippen molar-refractivity contribution in [3.8, 4) is 12.3 Å². The zero-order chi connectivity index (χ0) is 13.1. The third kappa shape index (κ3) is 3.77. The average molecular weight is 256 g/mol. The van der Waals surface area contributed by atoms with Gasteiger partial charge in [-0.1, -0.05) is 17.5 Å². The van der Waals surface area contributed by atoms with Gasteiger partial charge in [-0.05, 0) is 13.8 Å². The van der Waals surface area contributed by atoms with Crippen LogP contribution in [0, 0.1) is 12.3 Å². The molecule has 92 valence electrons. The van der Waals surface area contributed by atoms with Gasteiger partial charge >= 0.3 is 0 Å². The Hall–Kier alpha value is -1.51. The number of halogens is 1. The smallest absolute Gasteiger partial charge is 0.292 e. The monoisotopic (exact) mass is 255 g/mol. The van der Waals surface area contributed by atoms with Gasteiger partial charge in [-0.25, -0.2) is 4.68 Å². The van der Waals surface area contributed by atoms with Crippen LogP contribution in [0.4, 0.5) is 5.69 Å². The largest absolute Gasteiger partial charge is 0.389 e. The Morgan fingerprint density at radius 1 is 1.71 bits per heavy atom. The molecule has 1 aromatic heterocycles. The molecule has 0 aliphatic carbocycles. The van der Waals surface area contributed by atoms with Crippen LogP contribution in [0.15, 0.2) is 11.0 Å². The fourth-order valence-electron chi connectivity index (χ4n) is 1.13. The second kappa shape index (κ2) is 5.21. The highest BCUT2D eigenvalue weighted by molar-refractivity contribution is 6.32. The van der Waals surface area contributed by atoms with Gasteiger partial charge in [0.25, 0.3) is 5.56 Å². The molecule has 1 aromatic rings. The third-order valence-electron chi connectivity index (χ3n) is 1.94. The molecular formula is C11H14ClN3O2. The Kier molecular flexibility index (Phi) is 4.16. The van der Waals surface area contributed by atoms with Crippen molar-refractivity contribution in [2.45, 2.75) is 26.0 Å². The van der Waals surface area contributed by atoms with E-state index in [2.05, 4.69) is 16.3 Å². The summed E-state index contributed by atoms with van der Waals surface area (Å²) < 4.78 is 1.12. The maximum atomic E-state index is 11.9. The second-order valence-electron chi connectivity index (χ2n) is 4.20. The number of aliphatic hydroxyl groups is 1. The predicted octanol–water partition coefficient (Wildman–Crippen LogP) is 0.713. The van der Waals surface area contributed by atoms with Gasteiger partial charge in [0.2, 0.25) is 0 Å². The molecule has 2 N–H and O–H groups in total. The average Bonchev–Trinajstić information content (AvgIpc) is 2.21. The minimum absolute atomic E-state index is 0.0766. The van der Waals surface area contributed by atoms with Crippen molar-refractivity contribution in [1.82, 2.24) is 9.78 Å². The van der Waals surface area contributed by atoms with E-state index in [0.717, 1.165) is 4.68 Å². The second-order valence-corrected chi connectivity index (χ2v) is 4.61. The number of terminal acetylenes is 1. The van der Waals surface area contributed by atoms with Crippen LogP contribution in [0.1, 0.15) is 13.8 Å². The molecule has 0 aliphatic rings. The van der Waals surface area contributed by atoms with Crippen molar-refractivity contribution < 1.29 is 5.11 Å². The first-order valence-electron chi connectivity index (χ1n) is 5.00. The molecule has 0 atom stereocenters. The van der Waals surface area contributed by atoms with E-state index in [1.807, 2.05) is 0 Å². The van der Waals surface area contributed by atoms with E-state index < -0.39 is 11.2 Å². The Morgan fingerprint density at radius 2 is 2.35 bits per heavy atom. The van der Waals surface area contributed by atoms with Gasteiger partial charge in [-0.2, -0.15) is 5.10 Å². The molecular weight excluding hydrogens is 242 g/mol. The number of nitrogens with zero attached hydrogens (tertiary/aromatic N) is 2. The van der Waals surface area contributed by atoms with Crippen molar-refractivity contribution in [2.75, 3.05) is 11.9 Å². The summed E-state index contributed by atoms with van der Waals surface area (Å²) in [6.45, 7) is 3.51. The zero-order valence-corrected chi connectivity index (χ0v) is 10.5. The summed E-state index contributed by atoms with van der Waals surface area (Å²) in [5.41, 5.74) is -1.16. The van der Waals surface area contributed by atoms with E-state index in [4.69, 9.17) is 18.0 Å². The van der Waals surface area contributed by atoms with E-state index in [9.17, 15) is 9.90 Å². The summed E-state index contributed by atoms with van der Waals surface area (Å²) in [6, 6.07) is 0. The number of rotatable bonds is 4. The molecule has 0 aliphatic heterocycles. The first-order valence-corrected chi connectivity index (χ1v) is 5.38. The number of anilines is 1. The van der Waals surface area contributed by atoms with Gasteiger partial charge in [0.1, 0.15) is 12.2 Å². The predicted molar refractivity (Wildman–Crippen MR) is 67.1 cm³/mol. The number of nitrogens with one attached hydrogen (secondary N) is 1. The van der Waals surface area contributed by atoms with Crippen LogP contribution in [0.25, 0.3) is 0 Å². The van der Waals surface area contributed by atoms with Crippen molar-refractivity contribution in [3.63, 3.8) is 0 Å². The topological polar surface area (TPSA) is 67.2 Å². The SMILES string of the molecule is C#CCn1ncc(Cl)c(NCC(C)(C)O)c1=O. The van der Waals surface area contributed by atoms with E-state index >= 15 is 0 Å². The molecule has 0 unspecified atom stereocenters. The fraction of sp³-hybridized carbons (Fsp3) is 0.455. The third-order valence-corrected chi connectivity index (χ3v) is 2.22. The van der Waals surface area contributed by atoms with Gasteiger partial charge in [0.05, 0.1) is 16.8 Å². The van der Waals surface area contributed by atoms with Gasteiger partial charge in [0.15, 0.2) is 0 Å². The molecule has 1 heterocycles. The molecule has 17 heavy (non-hydrogen) atoms. The maximum Gasteiger partial charge on any atom is 0.292 e. The molecule has 6 heteroatoms. The molecule has 0 aromatic carbocycles. The summed E-state index contributed by atoms with van der Waals surface area (Å²) in [5.74, 6) is 2.32. The van der Waals surface area contributed by atoms with Crippen LogP contribution in [-0.4, -0.2) is 27.0 Å². The normalized spacial score (nSPS) is 11.0. The van der Waals surface area contributed by atoms with Crippen LogP contribution >= 0.6 is 11.6 Å². The maximum absolute atomic E-state index is 11.9. The summed E-state index contributed by atoms with van der Waals surface area (Å²) >= 11 is 5.86. The highest BCUT2D eigenvalue weighted by Crippen LogP contribution is 2.16. The standard InChI is InChI=1S/C11H14ClN3O2/c1-4-5-15-10(16)9(8(12)6-14-15)13-7-11(2,3)17/h1,6,13,17H,5,7H2,2-3H3. The molecule has 0 spiro atoms. The van der Waals surface area contributed by atoms with Gasteiger partial charge in [0, 0.05) is 6.54 Å².